The Morgan fingerprint density at radius 1 is 1.27 bits per heavy atom. The average molecular weight is 200 g/mol. The first-order valence-electron chi connectivity index (χ1n) is 2.09. The molecule has 0 atom stereocenters. The first-order valence-corrected chi connectivity index (χ1v) is 2.09. The summed E-state index contributed by atoms with van der Waals surface area (Å²) >= 11 is 0. The van der Waals surface area contributed by atoms with Gasteiger partial charge in [-0.25, -0.2) is 0 Å². The van der Waals surface area contributed by atoms with Crippen LogP contribution in [-0.2, 0) is 31.2 Å². The molecule has 0 aliphatic carbocycles. The minimum absolute atomic E-state index is 0. The van der Waals surface area contributed by atoms with Crippen molar-refractivity contribution in [3.63, 3.8) is 0 Å². The molecule has 0 unspecified atom stereocenters. The number of esters is 1. The van der Waals surface area contributed by atoms with Crippen LogP contribution in [0.25, 0.3) is 0 Å². The summed E-state index contributed by atoms with van der Waals surface area (Å²) in [6, 6.07) is 0. The minimum Gasteiger partial charge on any atom is -0.640 e. The van der Waals surface area contributed by atoms with Crippen LogP contribution in [0, 0.1) is 14.5 Å². The molecule has 68 valence electrons. The van der Waals surface area contributed by atoms with Crippen molar-refractivity contribution in [2.45, 2.75) is 6.92 Å². The second-order valence-corrected chi connectivity index (χ2v) is 0.636. The zero-order valence-corrected chi connectivity index (χ0v) is 8.98. The second kappa shape index (κ2) is 49.7. The fourth-order valence-corrected chi connectivity index (χ4v) is 0. The minimum atomic E-state index is -0.356. The summed E-state index contributed by atoms with van der Waals surface area (Å²) in [5.41, 5.74) is 0. The molecule has 0 aromatic carbocycles. The van der Waals surface area contributed by atoms with Crippen molar-refractivity contribution in [2.24, 2.45) is 0 Å². The molecule has 0 amide bonds. The second-order valence-electron chi connectivity index (χ2n) is 0.636. The van der Waals surface area contributed by atoms with Gasteiger partial charge in [-0.1, -0.05) is 0 Å². The van der Waals surface area contributed by atoms with E-state index in [1.807, 2.05) is 0 Å². The van der Waals surface area contributed by atoms with Crippen LogP contribution in [0.15, 0.2) is 0 Å². The van der Waals surface area contributed by atoms with E-state index in [2.05, 4.69) is 11.8 Å². The van der Waals surface area contributed by atoms with Crippen molar-refractivity contribution < 1.29 is 41.5 Å². The maximum Gasteiger partial charge on any atom is 2.00 e. The molecule has 0 heterocycles. The van der Waals surface area contributed by atoms with Gasteiger partial charge in [-0.2, -0.15) is 7.11 Å². The van der Waals surface area contributed by atoms with Gasteiger partial charge in [0.1, 0.15) is 0 Å². The van der Waals surface area contributed by atoms with Crippen molar-refractivity contribution in [1.29, 1.82) is 0 Å². The maximum atomic E-state index is 9.53. The van der Waals surface area contributed by atoms with E-state index in [9.17, 15) is 4.79 Å². The Bertz CT molecular complexity index is 49.8. The predicted octanol–water partition coefficient (Wildman–Crippen LogP) is 0.00588. The van der Waals surface area contributed by atoms with Crippen molar-refractivity contribution in [3.8, 4) is 0 Å². The van der Waals surface area contributed by atoms with Gasteiger partial charge in [0.05, 0.1) is 0 Å². The molecule has 0 aromatic heterocycles. The fraction of sp³-hybridized carbons (Fsp3) is 0.500. The summed E-state index contributed by atoms with van der Waals surface area (Å²) in [7, 11) is 4.84. The quantitative estimate of drug-likeness (QED) is 0.328. The fourth-order valence-electron chi connectivity index (χ4n) is 0. The van der Waals surface area contributed by atoms with Gasteiger partial charge in [0, 0.05) is 21.1 Å². The van der Waals surface area contributed by atoms with Crippen LogP contribution >= 0.6 is 0 Å². The normalized spacial score (nSPS) is 4.18. The van der Waals surface area contributed by atoms with E-state index in [-0.39, 0.29) is 35.1 Å². The molecule has 0 fully saturated rings. The third-order valence-corrected chi connectivity index (χ3v) is 0.203. The van der Waals surface area contributed by atoms with Gasteiger partial charge in [-0.15, -0.1) is 0 Å². The number of hydrogen-bond donors (Lipinski definition) is 2. The molecular weight excluding hydrogens is 184 g/mol. The van der Waals surface area contributed by atoms with Crippen LogP contribution in [0.1, 0.15) is 6.92 Å². The SMILES string of the molecule is CO.CO.[CH2-]OC(C)=O.[CH3-].[Ti+2]. The van der Waals surface area contributed by atoms with Crippen LogP contribution < -0.4 is 0 Å². The Kier molecular flexibility index (Phi) is 138. The Hall–Kier alpha value is 0.104. The largest absolute Gasteiger partial charge is 2.00 e. The number of carbonyl (C=O) groups is 1. The summed E-state index contributed by atoms with van der Waals surface area (Å²) in [4.78, 5) is 9.53. The molecule has 0 radical (unpaired) electrons. The summed E-state index contributed by atoms with van der Waals surface area (Å²) in [5, 5.41) is 14.0. The Labute approximate surface area is 83.5 Å². The third-order valence-electron chi connectivity index (χ3n) is 0.203. The molecular formula is C6H16O4Ti. The number of rotatable bonds is 0. The predicted molar refractivity (Wildman–Crippen MR) is 39.8 cm³/mol. The summed E-state index contributed by atoms with van der Waals surface area (Å²) in [6.07, 6.45) is 0. The van der Waals surface area contributed by atoms with Gasteiger partial charge < -0.3 is 22.4 Å². The van der Waals surface area contributed by atoms with E-state index in [0.717, 1.165) is 14.2 Å². The van der Waals surface area contributed by atoms with Crippen molar-refractivity contribution >= 4 is 5.97 Å². The van der Waals surface area contributed by atoms with Gasteiger partial charge in [0.25, 0.3) is 5.97 Å². The molecule has 2 N–H and O–H groups in total. The van der Waals surface area contributed by atoms with Gasteiger partial charge >= 0.3 is 21.7 Å². The summed E-state index contributed by atoms with van der Waals surface area (Å²) in [5.74, 6) is -0.356. The average Bonchev–Trinajstić information content (AvgIpc) is 1.97. The van der Waals surface area contributed by atoms with Gasteiger partial charge in [0.2, 0.25) is 0 Å². The van der Waals surface area contributed by atoms with Crippen molar-refractivity contribution in [2.75, 3.05) is 14.2 Å². The smallest absolute Gasteiger partial charge is 0.640 e. The van der Waals surface area contributed by atoms with Gasteiger partial charge in [0.15, 0.2) is 0 Å². The van der Waals surface area contributed by atoms with Crippen LogP contribution in [0.2, 0.25) is 0 Å². The van der Waals surface area contributed by atoms with E-state index < -0.39 is 0 Å². The zero-order chi connectivity index (χ0) is 8.28. The molecule has 0 aliphatic heterocycles. The molecule has 0 saturated carbocycles. The van der Waals surface area contributed by atoms with E-state index in [1.165, 1.54) is 6.92 Å². The first kappa shape index (κ1) is 30.4. The van der Waals surface area contributed by atoms with E-state index in [1.54, 1.807) is 0 Å². The monoisotopic (exact) mass is 200 g/mol. The topological polar surface area (TPSA) is 66.8 Å². The van der Waals surface area contributed by atoms with E-state index >= 15 is 0 Å². The molecule has 0 spiro atoms. The van der Waals surface area contributed by atoms with E-state index in [0.29, 0.717) is 0 Å². The molecule has 0 bridgehead atoms. The Morgan fingerprint density at radius 3 is 1.36 bits per heavy atom. The van der Waals surface area contributed by atoms with Crippen LogP contribution in [0.5, 0.6) is 0 Å². The number of carbonyl (C=O) groups excluding carboxylic acids is 1. The molecule has 0 aliphatic rings. The number of aliphatic hydroxyl groups is 2. The van der Waals surface area contributed by atoms with Crippen molar-refractivity contribution in [1.82, 2.24) is 0 Å². The molecule has 0 rings (SSSR count). The standard InChI is InChI=1S/C3H5O2.2CH4O.CH3.Ti/c1-3(4)5-2;2*1-2;;/h2H2,1H3;2*2H,1H3;1H3;/q-1;;;-1;+2. The Morgan fingerprint density at radius 2 is 1.36 bits per heavy atom. The molecule has 4 nitrogen and oxygen atoms in total. The van der Waals surface area contributed by atoms with Gasteiger partial charge in [-0.05, 0) is 0 Å². The van der Waals surface area contributed by atoms with Crippen LogP contribution in [0.4, 0.5) is 0 Å². The number of hydrogen-bond acceptors (Lipinski definition) is 4. The molecule has 5 heteroatoms. The van der Waals surface area contributed by atoms with E-state index in [4.69, 9.17) is 10.2 Å². The van der Waals surface area contributed by atoms with Crippen molar-refractivity contribution in [3.05, 3.63) is 14.5 Å². The maximum absolute atomic E-state index is 9.53. The molecule has 0 saturated heterocycles. The first-order chi connectivity index (χ1) is 4.27. The number of ether oxygens (including phenoxy) is 1. The summed E-state index contributed by atoms with van der Waals surface area (Å²) < 4.78 is 3.86. The van der Waals surface area contributed by atoms with Crippen LogP contribution in [0.3, 0.4) is 0 Å². The van der Waals surface area contributed by atoms with Gasteiger partial charge in [-0.3, -0.25) is 4.79 Å². The molecule has 11 heavy (non-hydrogen) atoms. The summed E-state index contributed by atoms with van der Waals surface area (Å²) in [6.45, 7) is 1.30. The molecule has 0 aromatic rings. The third kappa shape index (κ3) is 150. The zero-order valence-electron chi connectivity index (χ0n) is 7.42. The van der Waals surface area contributed by atoms with Crippen LogP contribution in [-0.4, -0.2) is 30.4 Å². The Balaban J connectivity index is -0.0000000178. The number of aliphatic hydroxyl groups excluding tert-OH is 2.